The molecular weight excluding hydrogens is 484 g/mol. The summed E-state index contributed by atoms with van der Waals surface area (Å²) in [6, 6.07) is 21.2. The minimum Gasteiger partial charge on any atom is -0.504 e. The molecule has 3 aromatic carbocycles. The molecule has 6 nitrogen and oxygen atoms in total. The van der Waals surface area contributed by atoms with E-state index in [0.29, 0.717) is 21.7 Å². The summed E-state index contributed by atoms with van der Waals surface area (Å²) in [5.41, 5.74) is 6.27. The zero-order valence-electron chi connectivity index (χ0n) is 20.6. The van der Waals surface area contributed by atoms with E-state index in [-0.39, 0.29) is 17.4 Å². The molecule has 1 aliphatic carbocycles. The number of aryl methyl sites for hydroxylation is 1. The molecular formula is C30H26N2O4S. The van der Waals surface area contributed by atoms with Crippen molar-refractivity contribution in [1.29, 1.82) is 0 Å². The number of nitrogens with zero attached hydrogens (tertiary/aromatic N) is 2. The summed E-state index contributed by atoms with van der Waals surface area (Å²) in [6.45, 7) is 2.30. The molecule has 0 saturated heterocycles. The van der Waals surface area contributed by atoms with Gasteiger partial charge in [-0.2, -0.15) is 0 Å². The molecule has 186 valence electrons. The van der Waals surface area contributed by atoms with Gasteiger partial charge in [-0.3, -0.25) is 9.36 Å². The predicted octanol–water partition coefficient (Wildman–Crippen LogP) is 4.43. The average Bonchev–Trinajstić information content (AvgIpc) is 3.23. The molecule has 2 aliphatic rings. The number of ether oxygens (including phenoxy) is 2. The van der Waals surface area contributed by atoms with Gasteiger partial charge in [0.15, 0.2) is 16.3 Å². The van der Waals surface area contributed by atoms with Crippen molar-refractivity contribution >= 4 is 23.1 Å². The van der Waals surface area contributed by atoms with E-state index in [1.807, 2.05) is 47.9 Å². The van der Waals surface area contributed by atoms with Crippen molar-refractivity contribution in [3.8, 4) is 17.2 Å². The fraction of sp³-hybridized carbons (Fsp3) is 0.200. The zero-order chi connectivity index (χ0) is 25.5. The molecule has 0 radical (unpaired) electrons. The molecule has 0 spiro atoms. The third-order valence-electron chi connectivity index (χ3n) is 6.89. The second-order valence-corrected chi connectivity index (χ2v) is 10.1. The van der Waals surface area contributed by atoms with Gasteiger partial charge in [-0.15, -0.1) is 0 Å². The van der Waals surface area contributed by atoms with Crippen molar-refractivity contribution in [2.75, 3.05) is 13.7 Å². The molecule has 0 amide bonds. The maximum absolute atomic E-state index is 13.9. The van der Waals surface area contributed by atoms with Crippen LogP contribution in [0.5, 0.6) is 17.2 Å². The van der Waals surface area contributed by atoms with Crippen molar-refractivity contribution in [3.63, 3.8) is 0 Å². The van der Waals surface area contributed by atoms with Gasteiger partial charge in [-0.05, 0) is 72.4 Å². The number of hydrogen-bond donors (Lipinski definition) is 1. The van der Waals surface area contributed by atoms with Crippen LogP contribution >= 0.6 is 11.3 Å². The Kier molecular flexibility index (Phi) is 5.93. The number of rotatable bonds is 5. The van der Waals surface area contributed by atoms with Gasteiger partial charge in [0.1, 0.15) is 5.75 Å². The minimum absolute atomic E-state index is 0.0753. The van der Waals surface area contributed by atoms with Crippen LogP contribution in [0.3, 0.4) is 0 Å². The lowest BCUT2D eigenvalue weighted by atomic mass is 9.83. The summed E-state index contributed by atoms with van der Waals surface area (Å²) in [5.74, 6) is 1.25. The van der Waals surface area contributed by atoms with Gasteiger partial charge in [0.25, 0.3) is 5.56 Å². The van der Waals surface area contributed by atoms with Gasteiger partial charge < -0.3 is 14.6 Å². The van der Waals surface area contributed by atoms with E-state index >= 15 is 0 Å². The molecule has 1 unspecified atom stereocenters. The van der Waals surface area contributed by atoms with E-state index in [1.54, 1.807) is 25.3 Å². The van der Waals surface area contributed by atoms with Gasteiger partial charge >= 0.3 is 0 Å². The van der Waals surface area contributed by atoms with E-state index < -0.39 is 0 Å². The lowest BCUT2D eigenvalue weighted by Gasteiger charge is -2.30. The molecule has 1 aliphatic heterocycles. The normalized spacial score (nSPS) is 16.5. The van der Waals surface area contributed by atoms with Crippen molar-refractivity contribution in [3.05, 3.63) is 114 Å². The molecule has 0 fully saturated rings. The predicted molar refractivity (Wildman–Crippen MR) is 145 cm³/mol. The molecule has 7 heteroatoms. The molecule has 6 rings (SSSR count). The lowest BCUT2D eigenvalue weighted by molar-refractivity contribution is 0.318. The first-order valence-electron chi connectivity index (χ1n) is 12.3. The Morgan fingerprint density at radius 2 is 1.92 bits per heavy atom. The summed E-state index contributed by atoms with van der Waals surface area (Å²) in [4.78, 5) is 19.6. The van der Waals surface area contributed by atoms with Crippen LogP contribution in [-0.2, 0) is 6.42 Å². The van der Waals surface area contributed by atoms with E-state index in [1.165, 1.54) is 16.9 Å². The third kappa shape index (κ3) is 4.05. The lowest BCUT2D eigenvalue weighted by Crippen LogP contribution is -2.38. The van der Waals surface area contributed by atoms with Gasteiger partial charge in [0, 0.05) is 5.56 Å². The molecule has 1 atom stereocenters. The number of fused-ring (bicyclic) bond motifs is 3. The summed E-state index contributed by atoms with van der Waals surface area (Å²) in [6.07, 6.45) is 3.59. The highest BCUT2D eigenvalue weighted by Crippen LogP contribution is 2.41. The standard InChI is InChI=1S/C30H26N2O4S/c1-3-36-25-16-18(8-15-24(25)33)17-26-29(34)32-28(20-9-12-21(35-2)13-10-20)23-14-11-19-6-4-5-7-22(19)27(23)31-30(32)37-26/h4-10,12-13,15-17,28,33H,3,11,14H2,1-2H3. The number of thiazole rings is 1. The monoisotopic (exact) mass is 510 g/mol. The Hall–Kier alpha value is -4.10. The molecule has 4 aromatic rings. The van der Waals surface area contributed by atoms with Crippen molar-refractivity contribution in [2.24, 2.45) is 4.99 Å². The first-order valence-corrected chi connectivity index (χ1v) is 13.1. The van der Waals surface area contributed by atoms with Crippen molar-refractivity contribution in [2.45, 2.75) is 25.8 Å². The van der Waals surface area contributed by atoms with E-state index in [2.05, 4.69) is 18.2 Å². The molecule has 0 saturated carbocycles. The van der Waals surface area contributed by atoms with Crippen LogP contribution in [0.25, 0.3) is 11.8 Å². The number of phenols is 1. The number of aromatic hydroxyl groups is 1. The Bertz CT molecular complexity index is 1710. The number of methoxy groups -OCH3 is 1. The molecule has 1 aromatic heterocycles. The summed E-state index contributed by atoms with van der Waals surface area (Å²) < 4.78 is 13.3. The van der Waals surface area contributed by atoms with Crippen molar-refractivity contribution < 1.29 is 14.6 Å². The number of allylic oxidation sites excluding steroid dienone is 1. The van der Waals surface area contributed by atoms with Gasteiger partial charge in [0.2, 0.25) is 0 Å². The highest BCUT2D eigenvalue weighted by molar-refractivity contribution is 7.07. The molecule has 1 N–H and O–H groups in total. The minimum atomic E-state index is -0.244. The highest BCUT2D eigenvalue weighted by atomic mass is 32.1. The molecule has 0 bridgehead atoms. The van der Waals surface area contributed by atoms with E-state index in [0.717, 1.165) is 46.6 Å². The Morgan fingerprint density at radius 3 is 2.70 bits per heavy atom. The highest BCUT2D eigenvalue weighted by Gasteiger charge is 2.32. The second kappa shape index (κ2) is 9.41. The van der Waals surface area contributed by atoms with Crippen LogP contribution < -0.4 is 24.4 Å². The molecule has 37 heavy (non-hydrogen) atoms. The zero-order valence-corrected chi connectivity index (χ0v) is 21.4. The number of phenolic OH excluding ortho intramolecular Hbond substituents is 1. The first-order chi connectivity index (χ1) is 18.1. The smallest absolute Gasteiger partial charge is 0.271 e. The Labute approximate surface area is 218 Å². The van der Waals surface area contributed by atoms with Gasteiger partial charge in [-0.25, -0.2) is 4.99 Å². The SMILES string of the molecule is CCOc1cc(C=c2sc3n(c2=O)C(c2ccc(OC)cc2)C2=C(N=3)c3ccccc3CC2)ccc1O. The molecule has 2 heterocycles. The summed E-state index contributed by atoms with van der Waals surface area (Å²) >= 11 is 1.38. The average molecular weight is 511 g/mol. The quantitative estimate of drug-likeness (QED) is 0.431. The fourth-order valence-corrected chi connectivity index (χ4v) is 6.15. The van der Waals surface area contributed by atoms with Crippen LogP contribution in [0.15, 0.2) is 82.1 Å². The first kappa shape index (κ1) is 23.3. The van der Waals surface area contributed by atoms with E-state index in [9.17, 15) is 9.90 Å². The third-order valence-corrected chi connectivity index (χ3v) is 7.87. The Morgan fingerprint density at radius 1 is 1.11 bits per heavy atom. The largest absolute Gasteiger partial charge is 0.504 e. The Balaban J connectivity index is 1.57. The number of benzene rings is 3. The van der Waals surface area contributed by atoms with Crippen molar-refractivity contribution in [1.82, 2.24) is 4.57 Å². The second-order valence-electron chi connectivity index (χ2n) is 9.05. The van der Waals surface area contributed by atoms with Crippen LogP contribution in [0.4, 0.5) is 0 Å². The van der Waals surface area contributed by atoms with Crippen LogP contribution in [0.2, 0.25) is 0 Å². The number of aromatic nitrogens is 1. The van der Waals surface area contributed by atoms with Gasteiger partial charge in [-0.1, -0.05) is 53.8 Å². The van der Waals surface area contributed by atoms with Gasteiger partial charge in [0.05, 0.1) is 30.0 Å². The van der Waals surface area contributed by atoms with Crippen LogP contribution in [0, 0.1) is 0 Å². The number of hydrogen-bond acceptors (Lipinski definition) is 6. The fourth-order valence-electron chi connectivity index (χ4n) is 5.15. The maximum Gasteiger partial charge on any atom is 0.271 e. The maximum atomic E-state index is 13.9. The topological polar surface area (TPSA) is 73.0 Å². The van der Waals surface area contributed by atoms with E-state index in [4.69, 9.17) is 14.5 Å². The van der Waals surface area contributed by atoms with Crippen LogP contribution in [-0.4, -0.2) is 23.4 Å². The summed E-state index contributed by atoms with van der Waals surface area (Å²) in [5, 5.41) is 10.1. The van der Waals surface area contributed by atoms with Crippen LogP contribution in [0.1, 0.15) is 41.6 Å². The summed E-state index contributed by atoms with van der Waals surface area (Å²) in [7, 11) is 1.65.